The van der Waals surface area contributed by atoms with Crippen molar-refractivity contribution in [1.29, 1.82) is 0 Å². The van der Waals surface area contributed by atoms with E-state index >= 15 is 0 Å². The molecule has 1 unspecified atom stereocenters. The standard InChI is InChI=1S/C21H23.C12H9Si.2ClH.Zr/c1-5-6-17-7-8-18-10-16(4)13-20(18)21(17)19-11-14(2)9-15(3)12-19;1-3-7-11-9(5-1)10-6-2-4-8-12(10)13-11;;;/h7-13H,5-6H2,1-4H3;1-7H,13H2;2*1H;/q;;;;+2/p-2. The van der Waals surface area contributed by atoms with Gasteiger partial charge in [0.1, 0.15) is 0 Å². The van der Waals surface area contributed by atoms with Crippen LogP contribution in [0.25, 0.3) is 28.3 Å². The van der Waals surface area contributed by atoms with E-state index in [-0.39, 0.29) is 3.63 Å². The van der Waals surface area contributed by atoms with Crippen molar-refractivity contribution >= 4 is 46.3 Å². The van der Waals surface area contributed by atoms with Crippen LogP contribution in [0.1, 0.15) is 51.7 Å². The van der Waals surface area contributed by atoms with E-state index in [2.05, 4.69) is 107 Å². The molecule has 0 nitrogen and oxygen atoms in total. The third-order valence-corrected chi connectivity index (χ3v) is 22.7. The van der Waals surface area contributed by atoms with Crippen LogP contribution in [-0.2, 0) is 24.3 Å². The summed E-state index contributed by atoms with van der Waals surface area (Å²) in [6.45, 7) is 8.90. The van der Waals surface area contributed by atoms with Gasteiger partial charge in [0.25, 0.3) is 0 Å². The van der Waals surface area contributed by atoms with E-state index in [4.69, 9.17) is 17.0 Å². The summed E-state index contributed by atoms with van der Waals surface area (Å²) < 4.78 is 1.42. The predicted octanol–water partition coefficient (Wildman–Crippen LogP) is 7.27. The van der Waals surface area contributed by atoms with Crippen molar-refractivity contribution in [1.82, 2.24) is 0 Å². The Bertz CT molecular complexity index is 1560. The van der Waals surface area contributed by atoms with E-state index in [9.17, 15) is 0 Å². The summed E-state index contributed by atoms with van der Waals surface area (Å²) >= 11 is -3.89. The Balaban J connectivity index is 1.51. The Hall–Kier alpha value is -1.70. The predicted molar refractivity (Wildman–Crippen MR) is 163 cm³/mol. The molecule has 0 amide bonds. The summed E-state index contributed by atoms with van der Waals surface area (Å²) in [6, 6.07) is 27.2. The van der Waals surface area contributed by atoms with Crippen molar-refractivity contribution in [2.75, 3.05) is 0 Å². The normalized spacial score (nSPS) is 16.5. The van der Waals surface area contributed by atoms with Crippen LogP contribution in [0.3, 0.4) is 0 Å². The van der Waals surface area contributed by atoms with Gasteiger partial charge in [-0.15, -0.1) is 0 Å². The summed E-state index contributed by atoms with van der Waals surface area (Å²) in [7, 11) is 14.9. The van der Waals surface area contributed by atoms with Gasteiger partial charge >= 0.3 is 237 Å². The van der Waals surface area contributed by atoms with Crippen molar-refractivity contribution < 1.29 is 17.9 Å². The van der Waals surface area contributed by atoms with Crippen LogP contribution in [0.2, 0.25) is 0 Å². The van der Waals surface area contributed by atoms with Crippen LogP contribution in [0.5, 0.6) is 0 Å². The molecule has 1 atom stereocenters. The third kappa shape index (κ3) is 4.29. The molecule has 1 aliphatic carbocycles. The number of rotatable bonds is 5. The number of benzene rings is 4. The first-order chi connectivity index (χ1) is 17.8. The molecule has 6 rings (SSSR count). The van der Waals surface area contributed by atoms with Gasteiger partial charge in [0.2, 0.25) is 0 Å². The van der Waals surface area contributed by atoms with Gasteiger partial charge in [0, 0.05) is 0 Å². The summed E-state index contributed by atoms with van der Waals surface area (Å²) in [6.07, 6.45) is 4.59. The van der Waals surface area contributed by atoms with Crippen LogP contribution in [0.4, 0.5) is 0 Å². The van der Waals surface area contributed by atoms with Gasteiger partial charge in [-0.05, 0) is 0 Å². The summed E-state index contributed by atoms with van der Waals surface area (Å²) in [4.78, 5) is 0. The Morgan fingerprint density at radius 1 is 0.838 bits per heavy atom. The second-order valence-electron chi connectivity index (χ2n) is 10.8. The minimum atomic E-state index is -3.89. The molecule has 0 spiro atoms. The summed E-state index contributed by atoms with van der Waals surface area (Å²) in [5.41, 5.74) is 13.5. The van der Waals surface area contributed by atoms with Gasteiger partial charge in [0.15, 0.2) is 0 Å². The number of hydrogen-bond acceptors (Lipinski definition) is 0. The van der Waals surface area contributed by atoms with E-state index in [1.165, 1.54) is 69.3 Å². The molecule has 4 aromatic carbocycles. The molecule has 4 aromatic rings. The Morgan fingerprint density at radius 2 is 1.57 bits per heavy atom. The van der Waals surface area contributed by atoms with E-state index in [1.54, 1.807) is 0 Å². The molecule has 2 aliphatic rings. The molecule has 1 heterocycles. The van der Waals surface area contributed by atoms with Crippen molar-refractivity contribution in [3.8, 4) is 22.3 Å². The first-order valence-corrected chi connectivity index (χ1v) is 23.7. The van der Waals surface area contributed by atoms with E-state index in [1.807, 2.05) is 0 Å². The van der Waals surface area contributed by atoms with Gasteiger partial charge in [-0.25, -0.2) is 0 Å². The number of halogens is 2. The van der Waals surface area contributed by atoms with Gasteiger partial charge in [-0.2, -0.15) is 0 Å². The van der Waals surface area contributed by atoms with Crippen molar-refractivity contribution in [2.24, 2.45) is 0 Å². The fourth-order valence-corrected chi connectivity index (χ4v) is 23.8. The molecule has 0 N–H and O–H groups in total. The molecule has 0 radical (unpaired) electrons. The SMILES string of the molecule is CCCc1ccc2c(c1-c1cc(C)cc(C)c1)C=C(C)[CH]2[Zr]([Cl])([Cl])[c]1cccc2c1[SiH2]c1ccccc1-2. The molecule has 0 saturated heterocycles. The molecule has 186 valence electrons. The number of aryl methyl sites for hydroxylation is 3. The molecule has 0 fully saturated rings. The molecular weight excluding hydrogens is 587 g/mol. The topological polar surface area (TPSA) is 0 Å². The Kier molecular flexibility index (Phi) is 6.77. The van der Waals surface area contributed by atoms with Crippen molar-refractivity contribution in [3.63, 3.8) is 0 Å². The first kappa shape index (κ1) is 25.6. The summed E-state index contributed by atoms with van der Waals surface area (Å²) in [5, 5.41) is 3.00. The van der Waals surface area contributed by atoms with Crippen molar-refractivity contribution in [2.45, 2.75) is 44.2 Å². The molecular formula is C33H32Cl2SiZr. The summed E-state index contributed by atoms with van der Waals surface area (Å²) in [5.74, 6) is 0. The molecule has 4 heteroatoms. The quantitative estimate of drug-likeness (QED) is 0.182. The number of fused-ring (bicyclic) bond motifs is 4. The van der Waals surface area contributed by atoms with E-state index in [0.29, 0.717) is 0 Å². The van der Waals surface area contributed by atoms with Crippen LogP contribution < -0.4 is 13.6 Å². The van der Waals surface area contributed by atoms with E-state index in [0.717, 1.165) is 12.8 Å². The average molecular weight is 619 g/mol. The second kappa shape index (κ2) is 9.80. The zero-order valence-corrected chi connectivity index (χ0v) is 27.3. The van der Waals surface area contributed by atoms with Gasteiger partial charge in [-0.3, -0.25) is 0 Å². The fraction of sp³-hybridized carbons (Fsp3) is 0.212. The number of hydrogen-bond donors (Lipinski definition) is 0. The number of allylic oxidation sites excluding steroid dienone is 1. The zero-order valence-electron chi connectivity index (χ0n) is 22.0. The van der Waals surface area contributed by atoms with Gasteiger partial charge < -0.3 is 0 Å². The third-order valence-electron chi connectivity index (χ3n) is 8.11. The maximum absolute atomic E-state index is 7.72. The first-order valence-electron chi connectivity index (χ1n) is 13.3. The Labute approximate surface area is 235 Å². The van der Waals surface area contributed by atoms with Crippen LogP contribution in [0.15, 0.2) is 78.4 Å². The zero-order chi connectivity index (χ0) is 25.9. The van der Waals surface area contributed by atoms with Crippen molar-refractivity contribution in [3.05, 3.63) is 106 Å². The molecule has 0 saturated carbocycles. The van der Waals surface area contributed by atoms with Crippen LogP contribution >= 0.6 is 17.0 Å². The van der Waals surface area contributed by atoms with Gasteiger partial charge in [0.05, 0.1) is 0 Å². The van der Waals surface area contributed by atoms with Crippen LogP contribution in [-0.4, -0.2) is 9.52 Å². The van der Waals surface area contributed by atoms with Gasteiger partial charge in [-0.1, -0.05) is 0 Å². The molecule has 37 heavy (non-hydrogen) atoms. The minimum absolute atomic E-state index is 0.122. The second-order valence-corrected chi connectivity index (χ2v) is 26.7. The molecule has 0 aromatic heterocycles. The average Bonchev–Trinajstić information content (AvgIpc) is 3.40. The maximum atomic E-state index is 7.72. The monoisotopic (exact) mass is 616 g/mol. The fourth-order valence-electron chi connectivity index (χ4n) is 6.69. The molecule has 1 aliphatic heterocycles. The van der Waals surface area contributed by atoms with Crippen LogP contribution in [0, 0.1) is 13.8 Å². The molecule has 0 bridgehead atoms. The Morgan fingerprint density at radius 3 is 2.32 bits per heavy atom. The van der Waals surface area contributed by atoms with E-state index < -0.39 is 27.4 Å².